The van der Waals surface area contributed by atoms with Crippen molar-refractivity contribution in [2.24, 2.45) is 0 Å². The van der Waals surface area contributed by atoms with Gasteiger partial charge in [0, 0.05) is 24.1 Å². The fraction of sp³-hybridized carbons (Fsp3) is 0.294. The summed E-state index contributed by atoms with van der Waals surface area (Å²) in [5, 5.41) is 12.8. The molecule has 2 nitrogen and oxygen atoms in total. The Balaban J connectivity index is 1.70. The molecule has 20 heavy (non-hydrogen) atoms. The van der Waals surface area contributed by atoms with E-state index < -0.39 is 0 Å². The van der Waals surface area contributed by atoms with Crippen LogP contribution in [-0.2, 0) is 12.3 Å². The van der Waals surface area contributed by atoms with Crippen molar-refractivity contribution in [1.82, 2.24) is 5.32 Å². The molecule has 1 unspecified atom stereocenters. The minimum Gasteiger partial charge on any atom is -0.395 e. The van der Waals surface area contributed by atoms with Crippen LogP contribution in [0.3, 0.4) is 0 Å². The quantitative estimate of drug-likeness (QED) is 0.782. The zero-order chi connectivity index (χ0) is 14.0. The maximum Gasteiger partial charge on any atom is 0.0592 e. The Hall–Kier alpha value is -1.29. The molecule has 0 aromatic heterocycles. The van der Waals surface area contributed by atoms with E-state index in [9.17, 15) is 5.11 Å². The third-order valence-corrected chi connectivity index (χ3v) is 4.26. The monoisotopic (exact) mass is 287 g/mol. The molecular weight excluding hydrogens is 266 g/mol. The van der Waals surface area contributed by atoms with E-state index in [1.807, 2.05) is 36.0 Å². The lowest BCUT2D eigenvalue weighted by molar-refractivity contribution is 0.253. The lowest BCUT2D eigenvalue weighted by atomic mass is 10.2. The molecule has 0 aliphatic rings. The second-order valence-electron chi connectivity index (χ2n) is 4.75. The minimum absolute atomic E-state index is 0.143. The summed E-state index contributed by atoms with van der Waals surface area (Å²) < 4.78 is 0. The fourth-order valence-electron chi connectivity index (χ4n) is 1.93. The number of benzene rings is 2. The average molecular weight is 287 g/mol. The fourth-order valence-corrected chi connectivity index (χ4v) is 2.98. The molecule has 0 saturated heterocycles. The Morgan fingerprint density at radius 1 is 0.900 bits per heavy atom. The predicted octanol–water partition coefficient (Wildman–Crippen LogP) is 3.07. The van der Waals surface area contributed by atoms with Crippen LogP contribution in [0.15, 0.2) is 60.7 Å². The van der Waals surface area contributed by atoms with E-state index in [1.165, 1.54) is 11.1 Å². The van der Waals surface area contributed by atoms with Crippen LogP contribution in [0.5, 0.6) is 0 Å². The standard InChI is InChI=1S/C17H21NOS/c19-12-17(18-11-15-7-3-1-4-8-15)14-20-13-16-9-5-2-6-10-16/h1-10,17-19H,11-14H2. The Morgan fingerprint density at radius 3 is 2.10 bits per heavy atom. The van der Waals surface area contributed by atoms with E-state index in [4.69, 9.17) is 0 Å². The van der Waals surface area contributed by atoms with Crippen molar-refractivity contribution < 1.29 is 5.11 Å². The maximum atomic E-state index is 9.43. The third-order valence-electron chi connectivity index (χ3n) is 3.09. The van der Waals surface area contributed by atoms with Gasteiger partial charge in [-0.3, -0.25) is 0 Å². The largest absolute Gasteiger partial charge is 0.395 e. The molecule has 0 heterocycles. The van der Waals surface area contributed by atoms with E-state index in [-0.39, 0.29) is 12.6 Å². The van der Waals surface area contributed by atoms with Gasteiger partial charge in [-0.1, -0.05) is 60.7 Å². The highest BCUT2D eigenvalue weighted by Gasteiger charge is 2.06. The van der Waals surface area contributed by atoms with Gasteiger partial charge < -0.3 is 10.4 Å². The van der Waals surface area contributed by atoms with E-state index in [0.29, 0.717) is 0 Å². The summed E-state index contributed by atoms with van der Waals surface area (Å²) in [7, 11) is 0. The molecule has 2 rings (SSSR count). The number of aliphatic hydroxyl groups is 1. The first kappa shape index (κ1) is 15.1. The van der Waals surface area contributed by atoms with Gasteiger partial charge in [0.25, 0.3) is 0 Å². The minimum atomic E-state index is 0.143. The summed E-state index contributed by atoms with van der Waals surface area (Å²) in [6.45, 7) is 0.979. The van der Waals surface area contributed by atoms with Crippen molar-refractivity contribution in [3.63, 3.8) is 0 Å². The Labute approximate surface area is 125 Å². The summed E-state index contributed by atoms with van der Waals surface area (Å²) in [5.74, 6) is 1.91. The Kier molecular flexibility index (Phi) is 6.64. The zero-order valence-electron chi connectivity index (χ0n) is 11.5. The van der Waals surface area contributed by atoms with Crippen LogP contribution in [0.2, 0.25) is 0 Å². The molecule has 0 aliphatic heterocycles. The van der Waals surface area contributed by atoms with Gasteiger partial charge in [0.05, 0.1) is 6.61 Å². The Morgan fingerprint density at radius 2 is 1.50 bits per heavy atom. The lowest BCUT2D eigenvalue weighted by Crippen LogP contribution is -2.34. The van der Waals surface area contributed by atoms with E-state index in [0.717, 1.165) is 18.1 Å². The number of nitrogens with one attached hydrogen (secondary N) is 1. The molecule has 2 aromatic carbocycles. The topological polar surface area (TPSA) is 32.3 Å². The van der Waals surface area contributed by atoms with Gasteiger partial charge in [-0.2, -0.15) is 11.8 Å². The first-order chi connectivity index (χ1) is 9.88. The molecule has 0 fully saturated rings. The van der Waals surface area contributed by atoms with Crippen LogP contribution >= 0.6 is 11.8 Å². The summed E-state index contributed by atoms with van der Waals surface area (Å²) >= 11 is 1.85. The van der Waals surface area contributed by atoms with Crippen molar-refractivity contribution in [3.05, 3.63) is 71.8 Å². The number of rotatable bonds is 8. The SMILES string of the molecule is OCC(CSCc1ccccc1)NCc1ccccc1. The van der Waals surface area contributed by atoms with Crippen molar-refractivity contribution in [2.75, 3.05) is 12.4 Å². The molecule has 0 spiro atoms. The predicted molar refractivity (Wildman–Crippen MR) is 86.8 cm³/mol. The van der Waals surface area contributed by atoms with Crippen molar-refractivity contribution in [1.29, 1.82) is 0 Å². The molecule has 2 N–H and O–H groups in total. The highest BCUT2D eigenvalue weighted by atomic mass is 32.2. The smallest absolute Gasteiger partial charge is 0.0592 e. The highest BCUT2D eigenvalue weighted by molar-refractivity contribution is 7.98. The first-order valence-electron chi connectivity index (χ1n) is 6.88. The summed E-state index contributed by atoms with van der Waals surface area (Å²) in [4.78, 5) is 0. The molecule has 2 aromatic rings. The second kappa shape index (κ2) is 8.80. The number of thioether (sulfide) groups is 1. The molecule has 1 atom stereocenters. The average Bonchev–Trinajstić information content (AvgIpc) is 2.52. The van der Waals surface area contributed by atoms with Gasteiger partial charge in [0.1, 0.15) is 0 Å². The molecule has 0 aliphatic carbocycles. The van der Waals surface area contributed by atoms with Gasteiger partial charge in [-0.05, 0) is 11.1 Å². The summed E-state index contributed by atoms with van der Waals surface area (Å²) in [6.07, 6.45) is 0. The highest BCUT2D eigenvalue weighted by Crippen LogP contribution is 2.13. The van der Waals surface area contributed by atoms with Gasteiger partial charge in [-0.15, -0.1) is 0 Å². The van der Waals surface area contributed by atoms with Crippen molar-refractivity contribution in [3.8, 4) is 0 Å². The molecule has 0 amide bonds. The van der Waals surface area contributed by atoms with Crippen LogP contribution in [0.25, 0.3) is 0 Å². The van der Waals surface area contributed by atoms with Gasteiger partial charge in [0.2, 0.25) is 0 Å². The van der Waals surface area contributed by atoms with E-state index >= 15 is 0 Å². The molecule has 0 saturated carbocycles. The van der Waals surface area contributed by atoms with Gasteiger partial charge in [0.15, 0.2) is 0 Å². The first-order valence-corrected chi connectivity index (χ1v) is 8.04. The molecular formula is C17H21NOS. The summed E-state index contributed by atoms with van der Waals surface area (Å²) in [6, 6.07) is 20.9. The number of hydrogen-bond acceptors (Lipinski definition) is 3. The molecule has 0 radical (unpaired) electrons. The number of hydrogen-bond donors (Lipinski definition) is 2. The molecule has 0 bridgehead atoms. The maximum absolute atomic E-state index is 9.43. The van der Waals surface area contributed by atoms with E-state index in [2.05, 4.69) is 41.7 Å². The van der Waals surface area contributed by atoms with Crippen molar-refractivity contribution >= 4 is 11.8 Å². The normalized spacial score (nSPS) is 12.2. The molecule has 106 valence electrons. The van der Waals surface area contributed by atoms with Gasteiger partial charge >= 0.3 is 0 Å². The number of aliphatic hydroxyl groups excluding tert-OH is 1. The van der Waals surface area contributed by atoms with Crippen molar-refractivity contribution in [2.45, 2.75) is 18.3 Å². The van der Waals surface area contributed by atoms with E-state index in [1.54, 1.807) is 0 Å². The van der Waals surface area contributed by atoms with Crippen LogP contribution in [0.1, 0.15) is 11.1 Å². The third kappa shape index (κ3) is 5.37. The second-order valence-corrected chi connectivity index (χ2v) is 5.78. The summed E-state index contributed by atoms with van der Waals surface area (Å²) in [5.41, 5.74) is 2.58. The van der Waals surface area contributed by atoms with Crippen LogP contribution in [0.4, 0.5) is 0 Å². The van der Waals surface area contributed by atoms with Crippen LogP contribution < -0.4 is 5.32 Å². The Bertz CT molecular complexity index is 475. The van der Waals surface area contributed by atoms with Crippen LogP contribution in [0, 0.1) is 0 Å². The van der Waals surface area contributed by atoms with Gasteiger partial charge in [-0.25, -0.2) is 0 Å². The zero-order valence-corrected chi connectivity index (χ0v) is 12.4. The van der Waals surface area contributed by atoms with Crippen LogP contribution in [-0.4, -0.2) is 23.5 Å². The lowest BCUT2D eigenvalue weighted by Gasteiger charge is -2.16. The molecule has 3 heteroatoms.